The molecule has 1 rings (SSSR count). The first-order chi connectivity index (χ1) is 7.47. The standard InChI is InChI=1S/C11H20N2O3/c1-3-8-5-4-7(2)13(8)11(16)9(12)6-10(14)15/h7-9H,3-6,12H2,1-2H3,(H,14,15). The maximum Gasteiger partial charge on any atom is 0.305 e. The fourth-order valence-corrected chi connectivity index (χ4v) is 2.34. The fraction of sp³-hybridized carbons (Fsp3) is 0.818. The molecule has 5 heteroatoms. The Hall–Kier alpha value is -1.10. The monoisotopic (exact) mass is 228 g/mol. The number of nitrogens with zero attached hydrogens (tertiary/aromatic N) is 1. The second-order valence-electron chi connectivity index (χ2n) is 4.44. The molecule has 16 heavy (non-hydrogen) atoms. The van der Waals surface area contributed by atoms with Crippen molar-refractivity contribution in [2.75, 3.05) is 0 Å². The Morgan fingerprint density at radius 2 is 2.12 bits per heavy atom. The molecule has 0 bridgehead atoms. The summed E-state index contributed by atoms with van der Waals surface area (Å²) in [5, 5.41) is 8.61. The van der Waals surface area contributed by atoms with E-state index in [1.165, 1.54) is 0 Å². The lowest BCUT2D eigenvalue weighted by atomic mass is 10.1. The molecule has 0 spiro atoms. The van der Waals surface area contributed by atoms with E-state index in [0.717, 1.165) is 19.3 Å². The fourth-order valence-electron chi connectivity index (χ4n) is 2.34. The highest BCUT2D eigenvalue weighted by Gasteiger charge is 2.35. The summed E-state index contributed by atoms with van der Waals surface area (Å²) < 4.78 is 0. The van der Waals surface area contributed by atoms with Crippen LogP contribution in [0, 0.1) is 0 Å². The summed E-state index contributed by atoms with van der Waals surface area (Å²) in [4.78, 5) is 24.3. The average molecular weight is 228 g/mol. The molecule has 3 N–H and O–H groups in total. The normalized spacial score (nSPS) is 26.8. The Balaban J connectivity index is 2.67. The van der Waals surface area contributed by atoms with Crippen molar-refractivity contribution in [2.45, 2.75) is 57.7 Å². The van der Waals surface area contributed by atoms with Crippen LogP contribution in [0.15, 0.2) is 0 Å². The third kappa shape index (κ3) is 2.72. The summed E-state index contributed by atoms with van der Waals surface area (Å²) in [6.45, 7) is 4.02. The molecule has 1 heterocycles. The van der Waals surface area contributed by atoms with Gasteiger partial charge in [-0.2, -0.15) is 0 Å². The van der Waals surface area contributed by atoms with Crippen LogP contribution in [-0.4, -0.2) is 40.0 Å². The van der Waals surface area contributed by atoms with Gasteiger partial charge in [-0.3, -0.25) is 9.59 Å². The minimum absolute atomic E-state index is 0.178. The Morgan fingerprint density at radius 1 is 1.50 bits per heavy atom. The lowest BCUT2D eigenvalue weighted by Gasteiger charge is -2.30. The second-order valence-corrected chi connectivity index (χ2v) is 4.44. The van der Waals surface area contributed by atoms with E-state index >= 15 is 0 Å². The SMILES string of the molecule is CCC1CCC(C)N1C(=O)C(N)CC(=O)O. The highest BCUT2D eigenvalue weighted by Crippen LogP contribution is 2.26. The Morgan fingerprint density at radius 3 is 2.62 bits per heavy atom. The van der Waals surface area contributed by atoms with Gasteiger partial charge in [0.2, 0.25) is 5.91 Å². The Kier molecular flexibility index (Phi) is 4.29. The van der Waals surface area contributed by atoms with Crippen LogP contribution in [0.3, 0.4) is 0 Å². The number of aliphatic carboxylic acids is 1. The van der Waals surface area contributed by atoms with Crippen LogP contribution in [0.25, 0.3) is 0 Å². The average Bonchev–Trinajstić information content (AvgIpc) is 2.57. The van der Waals surface area contributed by atoms with Crippen LogP contribution in [0.2, 0.25) is 0 Å². The third-order valence-electron chi connectivity index (χ3n) is 3.22. The van der Waals surface area contributed by atoms with Gasteiger partial charge in [-0.05, 0) is 26.2 Å². The van der Waals surface area contributed by atoms with E-state index in [9.17, 15) is 9.59 Å². The molecule has 1 amide bonds. The van der Waals surface area contributed by atoms with E-state index in [1.807, 2.05) is 13.8 Å². The summed E-state index contributed by atoms with van der Waals surface area (Å²) in [7, 11) is 0. The minimum Gasteiger partial charge on any atom is -0.481 e. The van der Waals surface area contributed by atoms with Crippen LogP contribution < -0.4 is 5.73 Å². The number of nitrogens with two attached hydrogens (primary N) is 1. The third-order valence-corrected chi connectivity index (χ3v) is 3.22. The van der Waals surface area contributed by atoms with Crippen LogP contribution in [0.5, 0.6) is 0 Å². The van der Waals surface area contributed by atoms with Gasteiger partial charge in [0.05, 0.1) is 12.5 Å². The number of carboxylic acids is 1. The zero-order valence-corrected chi connectivity index (χ0v) is 9.85. The number of likely N-dealkylation sites (tertiary alicyclic amines) is 1. The number of carbonyl (C=O) groups excluding carboxylic acids is 1. The predicted molar refractivity (Wildman–Crippen MR) is 59.8 cm³/mol. The van der Waals surface area contributed by atoms with Gasteiger partial charge in [-0.25, -0.2) is 0 Å². The van der Waals surface area contributed by atoms with Crippen molar-refractivity contribution >= 4 is 11.9 Å². The van der Waals surface area contributed by atoms with Gasteiger partial charge in [-0.1, -0.05) is 6.92 Å². The van der Waals surface area contributed by atoms with Gasteiger partial charge in [-0.15, -0.1) is 0 Å². The van der Waals surface area contributed by atoms with Crippen LogP contribution in [-0.2, 0) is 9.59 Å². The largest absolute Gasteiger partial charge is 0.481 e. The maximum absolute atomic E-state index is 12.0. The first-order valence-electron chi connectivity index (χ1n) is 5.76. The molecule has 0 radical (unpaired) electrons. The summed E-state index contributed by atoms with van der Waals surface area (Å²) in [6.07, 6.45) is 2.57. The summed E-state index contributed by atoms with van der Waals surface area (Å²) in [5.74, 6) is -1.25. The lowest BCUT2D eigenvalue weighted by Crippen LogP contribution is -2.49. The summed E-state index contributed by atoms with van der Waals surface area (Å²) >= 11 is 0. The molecule has 0 saturated carbocycles. The topological polar surface area (TPSA) is 83.6 Å². The first-order valence-corrected chi connectivity index (χ1v) is 5.76. The molecule has 5 nitrogen and oxygen atoms in total. The van der Waals surface area contributed by atoms with Crippen LogP contribution in [0.1, 0.15) is 39.5 Å². The second kappa shape index (κ2) is 5.30. The smallest absolute Gasteiger partial charge is 0.305 e. The molecular formula is C11H20N2O3. The number of amides is 1. The molecule has 0 aromatic heterocycles. The van der Waals surface area contributed by atoms with Gasteiger partial charge in [0, 0.05) is 12.1 Å². The van der Waals surface area contributed by atoms with Gasteiger partial charge in [0.25, 0.3) is 0 Å². The van der Waals surface area contributed by atoms with Crippen LogP contribution in [0.4, 0.5) is 0 Å². The number of carboxylic acid groups (broad SMARTS) is 1. The van der Waals surface area contributed by atoms with E-state index in [4.69, 9.17) is 10.8 Å². The van der Waals surface area contributed by atoms with Gasteiger partial charge in [0.15, 0.2) is 0 Å². The van der Waals surface area contributed by atoms with Crippen molar-refractivity contribution in [1.29, 1.82) is 0 Å². The number of hydrogen-bond donors (Lipinski definition) is 2. The summed E-state index contributed by atoms with van der Waals surface area (Å²) in [5.41, 5.74) is 5.61. The highest BCUT2D eigenvalue weighted by molar-refractivity contribution is 5.86. The molecule has 3 unspecified atom stereocenters. The van der Waals surface area contributed by atoms with Gasteiger partial charge in [0.1, 0.15) is 0 Å². The molecule has 0 aliphatic carbocycles. The molecule has 1 saturated heterocycles. The zero-order valence-electron chi connectivity index (χ0n) is 9.85. The van der Waals surface area contributed by atoms with Gasteiger partial charge >= 0.3 is 5.97 Å². The zero-order chi connectivity index (χ0) is 12.3. The maximum atomic E-state index is 12.0. The van der Waals surface area contributed by atoms with Crippen molar-refractivity contribution in [3.05, 3.63) is 0 Å². The molecule has 1 fully saturated rings. The van der Waals surface area contributed by atoms with E-state index < -0.39 is 12.0 Å². The predicted octanol–water partition coefficient (Wildman–Crippen LogP) is 0.578. The molecule has 3 atom stereocenters. The van der Waals surface area contributed by atoms with E-state index in [1.54, 1.807) is 4.90 Å². The molecule has 1 aliphatic rings. The van der Waals surface area contributed by atoms with E-state index in [-0.39, 0.29) is 24.4 Å². The first kappa shape index (κ1) is 13.0. The van der Waals surface area contributed by atoms with Crippen molar-refractivity contribution in [3.8, 4) is 0 Å². The Labute approximate surface area is 95.6 Å². The number of rotatable bonds is 4. The number of hydrogen-bond acceptors (Lipinski definition) is 3. The molecule has 1 aliphatic heterocycles. The van der Waals surface area contributed by atoms with Crippen LogP contribution >= 0.6 is 0 Å². The number of carbonyl (C=O) groups is 2. The van der Waals surface area contributed by atoms with Crippen molar-refractivity contribution in [2.24, 2.45) is 5.73 Å². The van der Waals surface area contributed by atoms with Crippen molar-refractivity contribution in [1.82, 2.24) is 4.90 Å². The van der Waals surface area contributed by atoms with Crippen molar-refractivity contribution < 1.29 is 14.7 Å². The van der Waals surface area contributed by atoms with E-state index in [0.29, 0.717) is 0 Å². The molecular weight excluding hydrogens is 208 g/mol. The minimum atomic E-state index is -1.03. The highest BCUT2D eigenvalue weighted by atomic mass is 16.4. The Bertz CT molecular complexity index is 280. The van der Waals surface area contributed by atoms with Gasteiger partial charge < -0.3 is 15.7 Å². The molecule has 0 aromatic rings. The molecule has 0 aromatic carbocycles. The molecule has 92 valence electrons. The lowest BCUT2D eigenvalue weighted by molar-refractivity contribution is -0.143. The quantitative estimate of drug-likeness (QED) is 0.737. The van der Waals surface area contributed by atoms with Crippen molar-refractivity contribution in [3.63, 3.8) is 0 Å². The summed E-state index contributed by atoms with van der Waals surface area (Å²) in [6, 6.07) is -0.508. The van der Waals surface area contributed by atoms with E-state index in [2.05, 4.69) is 0 Å².